The van der Waals surface area contributed by atoms with E-state index in [9.17, 15) is 126 Å². The number of aliphatic hydroxyl groups is 20. The molecule has 0 aromatic rings. The molecule has 39 nitrogen and oxygen atoms in total. The zero-order valence-electron chi connectivity index (χ0n) is 58.7. The molecule has 10 fully saturated rings. The fraction of sp³-hybridized carbons (Fsp3) is 0.841. The molecular weight excluding hydrogens is 1450 g/mol. The zero-order valence-corrected chi connectivity index (χ0v) is 58.7. The van der Waals surface area contributed by atoms with Crippen molar-refractivity contribution >= 4 is 29.8 Å². The quantitative estimate of drug-likeness (QED) is 0.0175. The number of carbonyl (C=O) groups is 5. The Bertz CT molecular complexity index is 3020. The van der Waals surface area contributed by atoms with Crippen molar-refractivity contribution in [2.45, 2.75) is 305 Å². The summed E-state index contributed by atoms with van der Waals surface area (Å²) in [6.45, 7) is -2.82. The maximum Gasteiger partial charge on any atom is 0.330 e. The summed E-state index contributed by atoms with van der Waals surface area (Å²) < 4.78 is 75.4. The molecule has 5 saturated carbocycles. The van der Waals surface area contributed by atoms with Gasteiger partial charge < -0.3 is 169 Å². The number of hydrogen-bond donors (Lipinski definition) is 21. The van der Waals surface area contributed by atoms with Crippen molar-refractivity contribution in [1.82, 2.24) is 0 Å². The third kappa shape index (κ3) is 21.6. The van der Waals surface area contributed by atoms with E-state index >= 15 is 0 Å². The highest BCUT2D eigenvalue weighted by molar-refractivity contribution is 5.90. The first-order valence-electron chi connectivity index (χ1n) is 36.6. The molecular formula is C69H104O39. The number of ether oxygens (including phenoxy) is 13. The van der Waals surface area contributed by atoms with Crippen LogP contribution in [0.4, 0.5) is 0 Å². The second kappa shape index (κ2) is 38.5. The number of carbonyl (C=O) groups excluding carboxylic acids is 4. The molecule has 19 unspecified atom stereocenters. The Morgan fingerprint density at radius 2 is 0.713 bits per heavy atom. The number of aliphatic carboxylic acids is 1. The minimum atomic E-state index is -2.05. The summed E-state index contributed by atoms with van der Waals surface area (Å²) >= 11 is 0. The minimum Gasteiger partial charge on any atom is -0.481 e. The van der Waals surface area contributed by atoms with Crippen LogP contribution < -0.4 is 0 Å². The third-order valence-electron chi connectivity index (χ3n) is 22.2. The van der Waals surface area contributed by atoms with E-state index in [4.69, 9.17) is 66.7 Å². The highest BCUT2D eigenvalue weighted by Crippen LogP contribution is 2.46. The molecule has 0 spiro atoms. The summed E-state index contributed by atoms with van der Waals surface area (Å²) in [5, 5.41) is 227. The zero-order chi connectivity index (χ0) is 78.3. The highest BCUT2D eigenvalue weighted by atomic mass is 16.7. The summed E-state index contributed by atoms with van der Waals surface area (Å²) in [5.41, 5.74) is 0. The van der Waals surface area contributed by atoms with Crippen LogP contribution in [0.3, 0.4) is 0 Å². The molecule has 0 aromatic carbocycles. The van der Waals surface area contributed by atoms with Crippen LogP contribution in [0.5, 0.6) is 0 Å². The summed E-state index contributed by atoms with van der Waals surface area (Å²) in [5.74, 6) is -8.33. The lowest BCUT2D eigenvalue weighted by Gasteiger charge is -2.52. The van der Waals surface area contributed by atoms with Crippen LogP contribution in [-0.2, 0) is 85.6 Å². The topological polar surface area (TPSA) is 630 Å². The molecule has 39 atom stereocenters. The van der Waals surface area contributed by atoms with Crippen molar-refractivity contribution in [3.63, 3.8) is 0 Å². The first kappa shape index (κ1) is 85.8. The van der Waals surface area contributed by atoms with Crippen LogP contribution in [-0.4, -0.2) is 372 Å². The predicted octanol–water partition coefficient (Wildman–Crippen LogP) is -8.66. The highest BCUT2D eigenvalue weighted by Gasteiger charge is 2.57. The summed E-state index contributed by atoms with van der Waals surface area (Å²) in [4.78, 5) is 61.9. The van der Waals surface area contributed by atoms with E-state index in [-0.39, 0.29) is 69.6 Å². The molecule has 0 amide bonds. The SMILES string of the molecule is O=C(O)CC(=O)OC[C@H]1O[C@@H](OC2CC3C(O)CC(O[C@@H]4O[C@H](COC(=O)C=CC5CCC(O[C@@H]6O[C@H](COC(=O)C=CC7CCC(O)C(O)C7)[C@@H](O)[C@H](O)[C@H]6O)C(O)C5)[C@@H](O)[C@H](O)[C@H]4O)CC3OC2C2CC(O)C(O)C(O[C@@H]3O[C@H](COC(=O)C=CC4CCC(O)C(O)C4)[C@@H](O)[C@H](O)[C@H]3O)C2)[C@H](O)[C@@H](O)[C@@H]1O. The van der Waals surface area contributed by atoms with Crippen LogP contribution in [0.1, 0.15) is 96.3 Å². The lowest BCUT2D eigenvalue weighted by atomic mass is 9.72. The molecule has 0 radical (unpaired) electrons. The Morgan fingerprint density at radius 3 is 1.13 bits per heavy atom. The largest absolute Gasteiger partial charge is 0.481 e. The molecule has 10 aliphatic rings. The van der Waals surface area contributed by atoms with Crippen molar-refractivity contribution in [3.05, 3.63) is 36.5 Å². The van der Waals surface area contributed by atoms with Crippen LogP contribution in [0, 0.1) is 29.6 Å². The standard InChI is InChI=1S/C69H104O39/c70-32-7-1-26(13-35(32)73)4-10-48(79)97-23-44-54(85)58(89)62(93)67(106-44)102-39-9-3-28(15-37(39)75)6-12-50(81)96-22-43-53(84)57(88)61(92)66(105-43)100-30-18-34(72)31-20-42(104-69-64(95)60(91)56(87)46(108-69)25-99-51(82)21-47(77)78)65(101-40(31)19-30)29-16-38(76)52(83)41(17-29)103-68-63(94)59(90)55(86)45(107-68)24-98-49(80)11-5-27-2-8-33(71)36(74)14-27/h4-6,10-12,26-46,52-76,83-95H,1-3,7-9,13-25H2,(H,77,78)/t26?,27?,28?,29?,30?,31?,32?,33?,34?,35?,36?,37?,38?,39?,40?,41?,42?,43-,44-,45-,46-,52?,53-,54-,55-,56-,57+,58+,59+,60+,61-,62-,63-,64-,65?,66-,67-,68-,69-/m1/s1. The van der Waals surface area contributed by atoms with Gasteiger partial charge in [0.25, 0.3) is 0 Å². The smallest absolute Gasteiger partial charge is 0.330 e. The van der Waals surface area contributed by atoms with Crippen LogP contribution in [0.15, 0.2) is 36.5 Å². The fourth-order valence-electron chi connectivity index (χ4n) is 15.8. The van der Waals surface area contributed by atoms with Gasteiger partial charge in [0.1, 0.15) is 137 Å². The lowest BCUT2D eigenvalue weighted by molar-refractivity contribution is -0.342. The van der Waals surface area contributed by atoms with Gasteiger partial charge in [0.05, 0.1) is 79.4 Å². The molecule has 5 saturated heterocycles. The van der Waals surface area contributed by atoms with Crippen LogP contribution >= 0.6 is 0 Å². The Morgan fingerprint density at radius 1 is 0.324 bits per heavy atom. The number of carboxylic acids is 1. The van der Waals surface area contributed by atoms with Gasteiger partial charge >= 0.3 is 29.8 Å². The van der Waals surface area contributed by atoms with Gasteiger partial charge in [-0.1, -0.05) is 18.2 Å². The number of rotatable bonds is 25. The van der Waals surface area contributed by atoms with Crippen LogP contribution in [0.25, 0.3) is 0 Å². The van der Waals surface area contributed by atoms with E-state index < -0.39 is 289 Å². The maximum absolute atomic E-state index is 13.2. The van der Waals surface area contributed by atoms with E-state index in [0.29, 0.717) is 32.1 Å². The van der Waals surface area contributed by atoms with Crippen LogP contribution in [0.2, 0.25) is 0 Å². The molecule has 614 valence electrons. The van der Waals surface area contributed by atoms with E-state index in [1.807, 2.05) is 0 Å². The monoisotopic (exact) mass is 1560 g/mol. The van der Waals surface area contributed by atoms with Crippen molar-refractivity contribution in [2.75, 3.05) is 26.4 Å². The van der Waals surface area contributed by atoms with Gasteiger partial charge in [0.2, 0.25) is 0 Å². The lowest BCUT2D eigenvalue weighted by Crippen LogP contribution is -2.63. The summed E-state index contributed by atoms with van der Waals surface area (Å²) in [6.07, 6.45) is -45.4. The Hall–Kier alpha value is -4.59. The summed E-state index contributed by atoms with van der Waals surface area (Å²) in [7, 11) is 0. The van der Waals surface area contributed by atoms with Crippen molar-refractivity contribution in [3.8, 4) is 0 Å². The number of carboxylic acid groups (broad SMARTS) is 1. The molecule has 39 heteroatoms. The van der Waals surface area contributed by atoms with E-state index in [2.05, 4.69) is 0 Å². The van der Waals surface area contributed by atoms with Gasteiger partial charge in [-0.05, 0) is 101 Å². The molecule has 5 aliphatic carbocycles. The summed E-state index contributed by atoms with van der Waals surface area (Å²) in [6, 6.07) is 0. The first-order chi connectivity index (χ1) is 51.2. The van der Waals surface area contributed by atoms with Gasteiger partial charge in [0.15, 0.2) is 25.2 Å². The number of allylic oxidation sites excluding steroid dienone is 3. The third-order valence-corrected chi connectivity index (χ3v) is 22.2. The normalized spacial score (nSPS) is 46.9. The second-order valence-corrected chi connectivity index (χ2v) is 30.0. The first-order valence-corrected chi connectivity index (χ1v) is 36.6. The molecule has 10 rings (SSSR count). The maximum atomic E-state index is 13.2. The Balaban J connectivity index is 0.752. The minimum absolute atomic E-state index is 0.00806. The van der Waals surface area contributed by atoms with E-state index in [1.54, 1.807) is 0 Å². The second-order valence-electron chi connectivity index (χ2n) is 30.0. The van der Waals surface area contributed by atoms with Crippen molar-refractivity contribution in [1.29, 1.82) is 0 Å². The molecule has 0 aromatic heterocycles. The van der Waals surface area contributed by atoms with Crippen molar-refractivity contribution in [2.24, 2.45) is 29.6 Å². The number of aliphatic hydroxyl groups excluding tert-OH is 20. The Labute approximate surface area is 617 Å². The molecule has 108 heavy (non-hydrogen) atoms. The average molecular weight is 1560 g/mol. The Kier molecular flexibility index (Phi) is 30.6. The van der Waals surface area contributed by atoms with Gasteiger partial charge in [-0.15, -0.1) is 0 Å². The fourth-order valence-corrected chi connectivity index (χ4v) is 15.8. The predicted molar refractivity (Wildman–Crippen MR) is 349 cm³/mol. The van der Waals surface area contributed by atoms with Crippen molar-refractivity contribution < 1.29 is 193 Å². The molecule has 5 heterocycles. The van der Waals surface area contributed by atoms with Gasteiger partial charge in [-0.2, -0.15) is 0 Å². The molecule has 5 aliphatic heterocycles. The average Bonchev–Trinajstić information content (AvgIpc) is 0.764. The number of hydrogen-bond acceptors (Lipinski definition) is 38. The van der Waals surface area contributed by atoms with Gasteiger partial charge in [-0.25, -0.2) is 14.4 Å². The van der Waals surface area contributed by atoms with E-state index in [0.717, 1.165) is 18.2 Å². The van der Waals surface area contributed by atoms with Gasteiger partial charge in [0, 0.05) is 37.0 Å². The number of fused-ring (bicyclic) bond motifs is 1. The molecule has 0 bridgehead atoms. The molecule has 21 N–H and O–H groups in total. The van der Waals surface area contributed by atoms with E-state index in [1.165, 1.54) is 18.2 Å². The number of esters is 4. The van der Waals surface area contributed by atoms with Gasteiger partial charge in [-0.3, -0.25) is 9.59 Å².